The van der Waals surface area contributed by atoms with Crippen molar-refractivity contribution in [3.63, 3.8) is 0 Å². The minimum Gasteiger partial charge on any atom is -0.497 e. The molecule has 0 bridgehead atoms. The van der Waals surface area contributed by atoms with E-state index < -0.39 is 6.09 Å². The fourth-order valence-electron chi connectivity index (χ4n) is 6.49. The van der Waals surface area contributed by atoms with Gasteiger partial charge in [-0.15, -0.1) is 0 Å². The Morgan fingerprint density at radius 2 is 1.46 bits per heavy atom. The lowest BCUT2D eigenvalue weighted by molar-refractivity contribution is -0.497. The number of para-hydroxylation sites is 1. The molecule has 0 aliphatic carbocycles. The van der Waals surface area contributed by atoms with Crippen LogP contribution in [-0.2, 0) is 50.2 Å². The zero-order chi connectivity index (χ0) is 40.2. The lowest BCUT2D eigenvalue weighted by Crippen LogP contribution is -2.47. The van der Waals surface area contributed by atoms with Crippen LogP contribution in [-0.4, -0.2) is 93.7 Å². The quantitative estimate of drug-likeness (QED) is 0.0572. The number of ether oxygens (including phenoxy) is 8. The van der Waals surface area contributed by atoms with Gasteiger partial charge in [0.1, 0.15) is 29.6 Å². The zero-order valence-corrected chi connectivity index (χ0v) is 32.9. The van der Waals surface area contributed by atoms with Crippen molar-refractivity contribution >= 4 is 6.09 Å². The van der Waals surface area contributed by atoms with E-state index in [9.17, 15) is 4.79 Å². The lowest BCUT2D eigenvalue weighted by Gasteiger charge is -2.38. The van der Waals surface area contributed by atoms with E-state index in [1.54, 1.807) is 44.4 Å². The Morgan fingerprint density at radius 1 is 0.719 bits per heavy atom. The molecule has 1 amide bonds. The van der Waals surface area contributed by atoms with Gasteiger partial charge in [0.15, 0.2) is 0 Å². The highest BCUT2D eigenvalue weighted by Crippen LogP contribution is 2.33. The van der Waals surface area contributed by atoms with Crippen LogP contribution in [0.1, 0.15) is 53.0 Å². The van der Waals surface area contributed by atoms with Gasteiger partial charge in [-0.1, -0.05) is 54.6 Å². The van der Waals surface area contributed by atoms with E-state index in [1.807, 2.05) is 60.7 Å². The van der Waals surface area contributed by atoms with Crippen LogP contribution < -0.4 is 18.9 Å². The average molecular weight is 791 g/mol. The van der Waals surface area contributed by atoms with Gasteiger partial charge >= 0.3 is 6.09 Å². The molecule has 1 fully saturated rings. The molecule has 4 aromatic rings. The summed E-state index contributed by atoms with van der Waals surface area (Å²) in [5, 5.41) is 17.4. The largest absolute Gasteiger partial charge is 0.497 e. The van der Waals surface area contributed by atoms with Crippen molar-refractivity contribution in [2.75, 3.05) is 60.8 Å². The van der Waals surface area contributed by atoms with Crippen molar-refractivity contribution in [3.05, 3.63) is 119 Å². The third-order valence-corrected chi connectivity index (χ3v) is 9.38. The minimum atomic E-state index is -0.454. The molecular weight excluding hydrogens is 736 g/mol. The smallest absolute Gasteiger partial charge is 0.410 e. The number of rotatable bonds is 23. The number of amides is 1. The van der Waals surface area contributed by atoms with Crippen LogP contribution >= 0.6 is 0 Å². The van der Waals surface area contributed by atoms with Crippen LogP contribution in [0, 0.1) is 0 Å². The van der Waals surface area contributed by atoms with Crippen LogP contribution in [0.4, 0.5) is 4.79 Å². The number of carbonyl (C=O) groups excluding carboxylic acids is 1. The summed E-state index contributed by atoms with van der Waals surface area (Å²) in [5.41, 5.74) is 4.37. The number of methoxy groups -OCH3 is 3. The molecule has 0 saturated carbocycles. The van der Waals surface area contributed by atoms with Crippen LogP contribution in [0.5, 0.6) is 23.0 Å². The maximum Gasteiger partial charge on any atom is 0.410 e. The molecule has 1 aliphatic rings. The summed E-state index contributed by atoms with van der Waals surface area (Å²) in [5.74, 6) is 2.90. The molecule has 308 valence electrons. The second kappa shape index (κ2) is 23.3. The van der Waals surface area contributed by atoms with Gasteiger partial charge in [0, 0.05) is 50.7 Å². The van der Waals surface area contributed by atoms with Crippen LogP contribution in [0.15, 0.2) is 91.0 Å². The highest BCUT2D eigenvalue weighted by Gasteiger charge is 2.34. The summed E-state index contributed by atoms with van der Waals surface area (Å²) in [7, 11) is 4.93. The fraction of sp³-hybridized carbons (Fsp3) is 0.419. The second-order valence-corrected chi connectivity index (χ2v) is 13.4. The molecule has 57 heavy (non-hydrogen) atoms. The molecule has 2 atom stereocenters. The van der Waals surface area contributed by atoms with Crippen molar-refractivity contribution in [2.24, 2.45) is 0 Å². The topological polar surface area (TPSA) is 147 Å². The van der Waals surface area contributed by atoms with Gasteiger partial charge < -0.3 is 42.8 Å². The Hall–Kier alpha value is -4.93. The highest BCUT2D eigenvalue weighted by molar-refractivity contribution is 5.68. The number of hydrogen-bond acceptors (Lipinski definition) is 13. The van der Waals surface area contributed by atoms with Gasteiger partial charge in [-0.3, -0.25) is 10.4 Å². The van der Waals surface area contributed by atoms with E-state index in [-0.39, 0.29) is 37.2 Å². The lowest BCUT2D eigenvalue weighted by atomic mass is 9.87. The average Bonchev–Trinajstić information content (AvgIpc) is 3.24. The van der Waals surface area contributed by atoms with Gasteiger partial charge in [0.05, 0.1) is 71.9 Å². The Kier molecular flexibility index (Phi) is 17.7. The van der Waals surface area contributed by atoms with Crippen molar-refractivity contribution in [1.82, 2.24) is 10.3 Å². The summed E-state index contributed by atoms with van der Waals surface area (Å²) in [4.78, 5) is 19.8. The summed E-state index contributed by atoms with van der Waals surface area (Å²) in [6.07, 6.45) is 1.34. The standard InChI is InChI=1S/C43H54N2O12/c1-49-19-7-21-54-39-25-34(24-38(26-39)50-2)29-55-42-27-44(43(46)56-28-32-9-6-10-33(23-32)30-57-45(47)48)18-17-40(42)35-13-15-37(16-14-35)53-22-8-20-52-31-36-11-4-5-12-41(36)51-3/h4-6,9-16,23-26,40,42,47-48H,7-8,17-22,27-31H2,1-3H3/t40-,42?/m1/s1. The Morgan fingerprint density at radius 3 is 2.21 bits per heavy atom. The third-order valence-electron chi connectivity index (χ3n) is 9.38. The van der Waals surface area contributed by atoms with E-state index in [4.69, 9.17) is 53.1 Å². The second-order valence-electron chi connectivity index (χ2n) is 13.4. The fourth-order valence-corrected chi connectivity index (χ4v) is 6.49. The number of benzene rings is 4. The van der Waals surface area contributed by atoms with E-state index in [0.29, 0.717) is 69.6 Å². The van der Waals surface area contributed by atoms with Crippen LogP contribution in [0.25, 0.3) is 0 Å². The highest BCUT2D eigenvalue weighted by atomic mass is 17.1. The van der Waals surface area contributed by atoms with E-state index in [1.165, 1.54) is 0 Å². The van der Waals surface area contributed by atoms with Crippen molar-refractivity contribution < 1.29 is 57.9 Å². The van der Waals surface area contributed by atoms with Crippen LogP contribution in [0.2, 0.25) is 0 Å². The van der Waals surface area contributed by atoms with Crippen molar-refractivity contribution in [1.29, 1.82) is 0 Å². The molecule has 14 nitrogen and oxygen atoms in total. The molecule has 0 spiro atoms. The first kappa shape index (κ1) is 43.2. The Labute approximate surface area is 334 Å². The molecule has 5 rings (SSSR count). The number of hydrogen-bond donors (Lipinski definition) is 2. The monoisotopic (exact) mass is 790 g/mol. The molecule has 4 aromatic carbocycles. The first-order valence-electron chi connectivity index (χ1n) is 19.0. The molecule has 1 aliphatic heterocycles. The number of likely N-dealkylation sites (tertiary alicyclic amines) is 1. The maximum atomic E-state index is 13.4. The summed E-state index contributed by atoms with van der Waals surface area (Å²) in [6, 6.07) is 28.7. The Bertz CT molecular complexity index is 1790. The minimum absolute atomic E-state index is 0.00357. The molecule has 1 saturated heterocycles. The zero-order valence-electron chi connectivity index (χ0n) is 32.9. The van der Waals surface area contributed by atoms with Gasteiger partial charge in [0.25, 0.3) is 0 Å². The summed E-state index contributed by atoms with van der Waals surface area (Å²) >= 11 is 0. The van der Waals surface area contributed by atoms with Gasteiger partial charge in [-0.05, 0) is 59.0 Å². The first-order valence-corrected chi connectivity index (χ1v) is 19.0. The van der Waals surface area contributed by atoms with E-state index in [2.05, 4.69) is 12.1 Å². The molecule has 2 N–H and O–H groups in total. The van der Waals surface area contributed by atoms with Gasteiger partial charge in [-0.2, -0.15) is 0 Å². The summed E-state index contributed by atoms with van der Waals surface area (Å²) < 4.78 is 46.3. The van der Waals surface area contributed by atoms with Crippen molar-refractivity contribution in [3.8, 4) is 23.0 Å². The normalized spacial score (nSPS) is 15.4. The first-order chi connectivity index (χ1) is 27.8. The van der Waals surface area contributed by atoms with Crippen LogP contribution in [0.3, 0.4) is 0 Å². The Balaban J connectivity index is 1.20. The molecule has 1 unspecified atom stereocenters. The van der Waals surface area contributed by atoms with Gasteiger partial charge in [0.2, 0.25) is 0 Å². The molecule has 1 heterocycles. The molecular formula is C43H54N2O12. The van der Waals surface area contributed by atoms with Crippen molar-refractivity contribution in [2.45, 2.75) is 57.7 Å². The third kappa shape index (κ3) is 14.2. The predicted molar refractivity (Wildman–Crippen MR) is 209 cm³/mol. The van der Waals surface area contributed by atoms with E-state index in [0.717, 1.165) is 46.6 Å². The SMILES string of the molecule is COCCCOc1cc(COC2CN(C(=O)OCc3cccc(CON(O)O)c3)CC[C@@H]2c2ccc(OCCCOCc3ccccc3OC)cc2)cc(OC)c1. The summed E-state index contributed by atoms with van der Waals surface area (Å²) in [6.45, 7) is 3.68. The van der Waals surface area contributed by atoms with Gasteiger partial charge in [-0.25, -0.2) is 9.63 Å². The predicted octanol–water partition coefficient (Wildman–Crippen LogP) is 7.33. The van der Waals surface area contributed by atoms with E-state index >= 15 is 0 Å². The molecule has 0 radical (unpaired) electrons. The maximum absolute atomic E-state index is 13.4. The number of nitrogens with zero attached hydrogens (tertiary/aromatic N) is 2. The number of piperidine rings is 1. The number of carbonyl (C=O) groups is 1. The molecule has 14 heteroatoms. The molecule has 0 aromatic heterocycles.